The quantitative estimate of drug-likeness (QED) is 0.564. The highest BCUT2D eigenvalue weighted by atomic mass is 16.4. The molecular formula is C8H15NO3. The largest absolute Gasteiger partial charge is 0.481 e. The summed E-state index contributed by atoms with van der Waals surface area (Å²) >= 11 is 0. The molecule has 0 radical (unpaired) electrons. The third-order valence-corrected chi connectivity index (χ3v) is 2.27. The van der Waals surface area contributed by atoms with Gasteiger partial charge in [0.2, 0.25) is 0 Å². The smallest absolute Gasteiger partial charge is 0.307 e. The van der Waals surface area contributed by atoms with Gasteiger partial charge in [-0.15, -0.1) is 0 Å². The first-order valence-electron chi connectivity index (χ1n) is 4.23. The van der Waals surface area contributed by atoms with Crippen LogP contribution < -0.4 is 0 Å². The van der Waals surface area contributed by atoms with Crippen LogP contribution in [0, 0.1) is 5.92 Å². The van der Waals surface area contributed by atoms with Gasteiger partial charge in [-0.3, -0.25) is 9.69 Å². The molecule has 4 nitrogen and oxygen atoms in total. The molecule has 1 rings (SSSR count). The van der Waals surface area contributed by atoms with Crippen LogP contribution in [-0.2, 0) is 4.79 Å². The monoisotopic (exact) mass is 173 g/mol. The van der Waals surface area contributed by atoms with E-state index >= 15 is 0 Å². The molecule has 0 bridgehead atoms. The summed E-state index contributed by atoms with van der Waals surface area (Å²) in [5, 5.41) is 17.3. The van der Waals surface area contributed by atoms with E-state index in [9.17, 15) is 4.79 Å². The second kappa shape index (κ2) is 3.87. The van der Waals surface area contributed by atoms with Gasteiger partial charge in [-0.25, -0.2) is 0 Å². The van der Waals surface area contributed by atoms with Crippen molar-refractivity contribution in [3.05, 3.63) is 0 Å². The summed E-state index contributed by atoms with van der Waals surface area (Å²) in [4.78, 5) is 12.7. The minimum absolute atomic E-state index is 0.0425. The normalized spacial score (nSPS) is 29.8. The zero-order valence-electron chi connectivity index (χ0n) is 7.23. The molecule has 0 saturated carbocycles. The fourth-order valence-corrected chi connectivity index (χ4v) is 1.28. The van der Waals surface area contributed by atoms with Crippen molar-refractivity contribution >= 4 is 5.97 Å². The summed E-state index contributed by atoms with van der Waals surface area (Å²) in [6.07, 6.45) is 0.360. The van der Waals surface area contributed by atoms with Crippen molar-refractivity contribution in [2.45, 2.75) is 19.4 Å². The van der Waals surface area contributed by atoms with Gasteiger partial charge in [-0.2, -0.15) is 0 Å². The van der Waals surface area contributed by atoms with Crippen molar-refractivity contribution in [2.75, 3.05) is 19.7 Å². The van der Waals surface area contributed by atoms with Gasteiger partial charge in [0.15, 0.2) is 0 Å². The maximum Gasteiger partial charge on any atom is 0.307 e. The van der Waals surface area contributed by atoms with Gasteiger partial charge in [0.05, 0.1) is 5.92 Å². The highest BCUT2D eigenvalue weighted by molar-refractivity contribution is 5.70. The molecule has 1 aliphatic rings. The molecule has 4 heteroatoms. The number of carboxylic acid groups (broad SMARTS) is 1. The lowest BCUT2D eigenvalue weighted by atomic mass is 10.1. The Labute approximate surface area is 71.8 Å². The number of rotatable bonds is 5. The first-order chi connectivity index (χ1) is 5.65. The van der Waals surface area contributed by atoms with Crippen LogP contribution in [-0.4, -0.2) is 46.8 Å². The number of aliphatic hydroxyl groups is 1. The van der Waals surface area contributed by atoms with Crippen molar-refractivity contribution < 1.29 is 15.0 Å². The number of nitrogens with zero attached hydrogens (tertiary/aromatic N) is 1. The molecule has 2 N–H and O–H groups in total. The van der Waals surface area contributed by atoms with Crippen LogP contribution >= 0.6 is 0 Å². The predicted octanol–water partition coefficient (Wildman–Crippen LogP) is -0.226. The minimum atomic E-state index is -0.803. The molecule has 0 spiro atoms. The molecule has 3 unspecified atom stereocenters. The number of aliphatic carboxylic acids is 1. The molecular weight excluding hydrogens is 158 g/mol. The Balaban J connectivity index is 2.28. The summed E-state index contributed by atoms with van der Waals surface area (Å²) in [7, 11) is 0. The van der Waals surface area contributed by atoms with Gasteiger partial charge in [0.1, 0.15) is 0 Å². The first-order valence-corrected chi connectivity index (χ1v) is 4.23. The van der Waals surface area contributed by atoms with E-state index in [1.165, 1.54) is 0 Å². The van der Waals surface area contributed by atoms with Crippen molar-refractivity contribution in [3.63, 3.8) is 0 Å². The molecule has 0 aromatic heterocycles. The SMILES string of the molecule is CC1CN1CC(CCO)C(=O)O. The fraction of sp³-hybridized carbons (Fsp3) is 0.875. The van der Waals surface area contributed by atoms with E-state index in [-0.39, 0.29) is 6.61 Å². The molecule has 1 saturated heterocycles. The van der Waals surface area contributed by atoms with E-state index in [0.717, 1.165) is 6.54 Å². The van der Waals surface area contributed by atoms with E-state index in [2.05, 4.69) is 11.8 Å². The van der Waals surface area contributed by atoms with E-state index in [0.29, 0.717) is 19.0 Å². The van der Waals surface area contributed by atoms with Crippen LogP contribution in [0.3, 0.4) is 0 Å². The summed E-state index contributed by atoms with van der Waals surface area (Å²) in [5.74, 6) is -1.21. The Morgan fingerprint density at radius 2 is 2.33 bits per heavy atom. The Hall–Kier alpha value is -0.610. The maximum atomic E-state index is 10.6. The van der Waals surface area contributed by atoms with Crippen LogP contribution in [0.5, 0.6) is 0 Å². The van der Waals surface area contributed by atoms with E-state index in [1.54, 1.807) is 0 Å². The van der Waals surface area contributed by atoms with Crippen molar-refractivity contribution in [1.29, 1.82) is 0 Å². The first kappa shape index (κ1) is 9.48. The predicted molar refractivity (Wildman–Crippen MR) is 43.9 cm³/mol. The Morgan fingerprint density at radius 1 is 1.75 bits per heavy atom. The number of hydrogen-bond acceptors (Lipinski definition) is 3. The maximum absolute atomic E-state index is 10.6. The summed E-state index contributed by atoms with van der Waals surface area (Å²) in [6.45, 7) is 3.60. The van der Waals surface area contributed by atoms with E-state index in [4.69, 9.17) is 10.2 Å². The Morgan fingerprint density at radius 3 is 2.67 bits per heavy atom. The molecule has 0 amide bonds. The number of hydrogen-bond donors (Lipinski definition) is 2. The highest BCUT2D eigenvalue weighted by Gasteiger charge is 2.32. The zero-order valence-corrected chi connectivity index (χ0v) is 7.23. The number of aliphatic hydroxyl groups excluding tert-OH is 1. The lowest BCUT2D eigenvalue weighted by Crippen LogP contribution is -2.24. The zero-order chi connectivity index (χ0) is 9.14. The molecule has 1 aliphatic heterocycles. The van der Waals surface area contributed by atoms with E-state index < -0.39 is 11.9 Å². The van der Waals surface area contributed by atoms with Gasteiger partial charge in [-0.05, 0) is 13.3 Å². The van der Waals surface area contributed by atoms with Gasteiger partial charge >= 0.3 is 5.97 Å². The van der Waals surface area contributed by atoms with Crippen molar-refractivity contribution in [2.24, 2.45) is 5.92 Å². The van der Waals surface area contributed by atoms with Crippen LogP contribution in [0.4, 0.5) is 0 Å². The molecule has 3 atom stereocenters. The average molecular weight is 173 g/mol. The topological polar surface area (TPSA) is 60.5 Å². The Bertz CT molecular complexity index is 172. The van der Waals surface area contributed by atoms with E-state index in [1.807, 2.05) is 0 Å². The molecule has 0 aromatic carbocycles. The van der Waals surface area contributed by atoms with Crippen molar-refractivity contribution in [3.8, 4) is 0 Å². The minimum Gasteiger partial charge on any atom is -0.481 e. The average Bonchev–Trinajstić information content (AvgIpc) is 2.65. The molecule has 12 heavy (non-hydrogen) atoms. The third kappa shape index (κ3) is 2.46. The van der Waals surface area contributed by atoms with Crippen molar-refractivity contribution in [1.82, 2.24) is 4.90 Å². The van der Waals surface area contributed by atoms with Gasteiger partial charge in [0, 0.05) is 25.7 Å². The fourth-order valence-electron chi connectivity index (χ4n) is 1.28. The van der Waals surface area contributed by atoms with Gasteiger partial charge in [-0.1, -0.05) is 0 Å². The van der Waals surface area contributed by atoms with Gasteiger partial charge < -0.3 is 10.2 Å². The lowest BCUT2D eigenvalue weighted by Gasteiger charge is -2.10. The lowest BCUT2D eigenvalue weighted by molar-refractivity contribution is -0.142. The number of carboxylic acids is 1. The molecule has 0 aromatic rings. The summed E-state index contributed by atoms with van der Waals surface area (Å²) < 4.78 is 0. The summed E-state index contributed by atoms with van der Waals surface area (Å²) in [5.41, 5.74) is 0. The standard InChI is InChI=1S/C8H15NO3/c1-6-4-9(6)5-7(2-3-10)8(11)12/h6-7,10H,2-5H2,1H3,(H,11,12). The Kier molecular flexibility index (Phi) is 3.05. The second-order valence-corrected chi connectivity index (χ2v) is 3.35. The van der Waals surface area contributed by atoms with Crippen LogP contribution in [0.25, 0.3) is 0 Å². The molecule has 1 heterocycles. The van der Waals surface area contributed by atoms with Crippen LogP contribution in [0.1, 0.15) is 13.3 Å². The molecule has 1 fully saturated rings. The second-order valence-electron chi connectivity index (χ2n) is 3.35. The molecule has 0 aliphatic carbocycles. The molecule has 70 valence electrons. The van der Waals surface area contributed by atoms with Crippen LogP contribution in [0.2, 0.25) is 0 Å². The number of carbonyl (C=O) groups is 1. The third-order valence-electron chi connectivity index (χ3n) is 2.27. The van der Waals surface area contributed by atoms with Gasteiger partial charge in [0.25, 0.3) is 0 Å². The van der Waals surface area contributed by atoms with Crippen LogP contribution in [0.15, 0.2) is 0 Å². The highest BCUT2D eigenvalue weighted by Crippen LogP contribution is 2.19. The summed E-state index contributed by atoms with van der Waals surface area (Å²) in [6, 6.07) is 0.533.